The summed E-state index contributed by atoms with van der Waals surface area (Å²) < 4.78 is 27.8. The van der Waals surface area contributed by atoms with E-state index < -0.39 is 10.0 Å². The van der Waals surface area contributed by atoms with Gasteiger partial charge in [0.15, 0.2) is 5.78 Å². The van der Waals surface area contributed by atoms with Crippen molar-refractivity contribution < 1.29 is 18.0 Å². The summed E-state index contributed by atoms with van der Waals surface area (Å²) in [6, 6.07) is 20.4. The number of nitrogens with zero attached hydrogens (tertiary/aromatic N) is 1. The molecule has 0 spiro atoms. The molecule has 178 valence electrons. The zero-order chi connectivity index (χ0) is 24.4. The van der Waals surface area contributed by atoms with Crippen LogP contribution < -0.4 is 25.4 Å². The highest BCUT2D eigenvalue weighted by molar-refractivity contribution is 7.92. The van der Waals surface area contributed by atoms with Crippen LogP contribution in [0.4, 0.5) is 22.7 Å². The first kappa shape index (κ1) is 22.9. The van der Waals surface area contributed by atoms with Crippen LogP contribution in [0.5, 0.6) is 0 Å². The Labute approximate surface area is 203 Å². The minimum atomic E-state index is -3.50. The van der Waals surface area contributed by atoms with Crippen LogP contribution in [0.2, 0.25) is 0 Å². The number of ketones is 1. The fourth-order valence-corrected chi connectivity index (χ4v) is 5.50. The normalized spacial score (nSPS) is 15.1. The monoisotopic (exact) mass is 487 g/mol. The molecule has 0 bridgehead atoms. The van der Waals surface area contributed by atoms with Gasteiger partial charge in [0.25, 0.3) is 0 Å². The van der Waals surface area contributed by atoms with Crippen LogP contribution in [0.1, 0.15) is 18.4 Å². The number of rotatable bonds is 6. The molecular formula is C27H25N3O4S. The molecule has 7 nitrogen and oxygen atoms in total. The third-order valence-electron chi connectivity index (χ3n) is 6.15. The Balaban J connectivity index is 1.38. The first-order valence-electron chi connectivity index (χ1n) is 11.5. The molecule has 0 atom stereocenters. The maximum atomic E-state index is 12.6. The van der Waals surface area contributed by atoms with Crippen LogP contribution in [0.25, 0.3) is 12.2 Å². The van der Waals surface area contributed by atoms with E-state index in [1.54, 1.807) is 18.2 Å². The van der Waals surface area contributed by atoms with E-state index in [-0.39, 0.29) is 17.4 Å². The highest BCUT2D eigenvalue weighted by Gasteiger charge is 2.22. The van der Waals surface area contributed by atoms with Gasteiger partial charge in [-0.1, -0.05) is 42.5 Å². The zero-order valence-electron chi connectivity index (χ0n) is 19.0. The lowest BCUT2D eigenvalue weighted by molar-refractivity contribution is -0.116. The molecule has 0 saturated carbocycles. The number of fused-ring (bicyclic) bond motifs is 3. The first-order chi connectivity index (χ1) is 16.9. The van der Waals surface area contributed by atoms with E-state index >= 15 is 0 Å². The van der Waals surface area contributed by atoms with Crippen LogP contribution in [0.3, 0.4) is 0 Å². The smallest absolute Gasteiger partial charge is 0.233 e. The van der Waals surface area contributed by atoms with Gasteiger partial charge in [-0.2, -0.15) is 0 Å². The summed E-state index contributed by atoms with van der Waals surface area (Å²) in [7, 11) is -3.50. The van der Waals surface area contributed by atoms with E-state index in [4.69, 9.17) is 0 Å². The Morgan fingerprint density at radius 3 is 2.49 bits per heavy atom. The van der Waals surface area contributed by atoms with Gasteiger partial charge in [0.2, 0.25) is 15.9 Å². The summed E-state index contributed by atoms with van der Waals surface area (Å²) in [5, 5.41) is 4.65. The van der Waals surface area contributed by atoms with Crippen molar-refractivity contribution in [1.29, 1.82) is 0 Å². The molecule has 0 saturated heterocycles. The number of nitrogens with one attached hydrogen (secondary N) is 2. The lowest BCUT2D eigenvalue weighted by Crippen LogP contribution is -2.33. The van der Waals surface area contributed by atoms with E-state index in [2.05, 4.69) is 10.0 Å². The third kappa shape index (κ3) is 5.12. The number of amides is 1. The minimum Gasteiger partial charge on any atom is -0.339 e. The number of carbonyl (C=O) groups excluding carboxylic acids is 2. The van der Waals surface area contributed by atoms with Crippen molar-refractivity contribution in [3.63, 3.8) is 0 Å². The van der Waals surface area contributed by atoms with Gasteiger partial charge >= 0.3 is 0 Å². The van der Waals surface area contributed by atoms with Crippen LogP contribution >= 0.6 is 0 Å². The quantitative estimate of drug-likeness (QED) is 0.558. The molecule has 0 radical (unpaired) electrons. The van der Waals surface area contributed by atoms with E-state index in [0.29, 0.717) is 37.2 Å². The summed E-state index contributed by atoms with van der Waals surface area (Å²) in [6.07, 6.45) is 4.51. The van der Waals surface area contributed by atoms with Gasteiger partial charge < -0.3 is 10.2 Å². The summed E-state index contributed by atoms with van der Waals surface area (Å²) >= 11 is 0. The van der Waals surface area contributed by atoms with Crippen LogP contribution in [0.15, 0.2) is 66.7 Å². The molecule has 1 amide bonds. The van der Waals surface area contributed by atoms with Crippen LogP contribution in [0, 0.1) is 0 Å². The van der Waals surface area contributed by atoms with Gasteiger partial charge in [0.1, 0.15) is 0 Å². The molecule has 0 unspecified atom stereocenters. The van der Waals surface area contributed by atoms with Crippen molar-refractivity contribution in [3.8, 4) is 0 Å². The maximum Gasteiger partial charge on any atom is 0.233 e. The molecule has 1 aliphatic carbocycles. The average Bonchev–Trinajstić information content (AvgIpc) is 3.02. The van der Waals surface area contributed by atoms with Gasteiger partial charge in [-0.25, -0.2) is 8.42 Å². The van der Waals surface area contributed by atoms with Crippen LogP contribution in [-0.2, 0) is 26.0 Å². The molecule has 3 aromatic rings. The molecule has 0 fully saturated rings. The maximum absolute atomic E-state index is 12.6. The SMILES string of the molecule is O=C1C=c2ccc3c(c2=CC1)NC(=O)CCN3c1ccc(NS(=O)(=O)CCc2ccccc2)cc1. The van der Waals surface area contributed by atoms with Crippen molar-refractivity contribution in [1.82, 2.24) is 0 Å². The summed E-state index contributed by atoms with van der Waals surface area (Å²) in [5.74, 6) is -0.0565. The van der Waals surface area contributed by atoms with Crippen LogP contribution in [-0.4, -0.2) is 32.4 Å². The Morgan fingerprint density at radius 2 is 1.71 bits per heavy atom. The molecule has 2 N–H and O–H groups in total. The average molecular weight is 488 g/mol. The summed E-state index contributed by atoms with van der Waals surface area (Å²) in [6.45, 7) is 0.475. The number of benzene rings is 3. The molecular weight excluding hydrogens is 462 g/mol. The Kier molecular flexibility index (Phi) is 6.13. The predicted octanol–water partition coefficient (Wildman–Crippen LogP) is 2.69. The largest absolute Gasteiger partial charge is 0.339 e. The van der Waals surface area contributed by atoms with Crippen molar-refractivity contribution in [2.45, 2.75) is 19.3 Å². The van der Waals surface area contributed by atoms with Crippen molar-refractivity contribution in [2.75, 3.05) is 27.2 Å². The third-order valence-corrected chi connectivity index (χ3v) is 7.44. The Bertz CT molecular complexity index is 1520. The molecule has 35 heavy (non-hydrogen) atoms. The molecule has 3 aromatic carbocycles. The first-order valence-corrected chi connectivity index (χ1v) is 13.1. The number of hydrogen-bond donors (Lipinski definition) is 2. The molecule has 8 heteroatoms. The Morgan fingerprint density at radius 1 is 0.943 bits per heavy atom. The number of sulfonamides is 1. The lowest BCUT2D eigenvalue weighted by atomic mass is 10.0. The fraction of sp³-hybridized carbons (Fsp3) is 0.185. The highest BCUT2D eigenvalue weighted by Crippen LogP contribution is 2.32. The van der Waals surface area contributed by atoms with E-state index in [9.17, 15) is 18.0 Å². The van der Waals surface area contributed by atoms with E-state index in [1.807, 2.05) is 65.6 Å². The fourth-order valence-electron chi connectivity index (χ4n) is 4.40. The number of carbonyl (C=O) groups is 2. The number of Topliss-reactive ketones (excluding diaryl/α,β-unsaturated/α-hetero) is 1. The number of hydrogen-bond acceptors (Lipinski definition) is 5. The van der Waals surface area contributed by atoms with Gasteiger partial charge in [-0.15, -0.1) is 0 Å². The van der Waals surface area contributed by atoms with Crippen molar-refractivity contribution >= 4 is 56.6 Å². The van der Waals surface area contributed by atoms with Crippen molar-refractivity contribution in [2.24, 2.45) is 0 Å². The summed E-state index contributed by atoms with van der Waals surface area (Å²) in [4.78, 5) is 26.3. The number of anilines is 4. The zero-order valence-corrected chi connectivity index (χ0v) is 19.8. The van der Waals surface area contributed by atoms with E-state index in [0.717, 1.165) is 27.4 Å². The molecule has 5 rings (SSSR count). The standard InChI is InChI=1S/C27H25N3O4S/c31-23-11-12-24-20(18-23)6-13-25-27(24)28-26(32)14-16-30(25)22-9-7-21(8-10-22)29-35(33,34)17-15-19-4-2-1-3-5-19/h1-10,12-13,18,29H,11,14-17H2,(H,28,32). The molecule has 1 aliphatic heterocycles. The van der Waals surface area contributed by atoms with Gasteiger partial charge in [0.05, 0.1) is 17.1 Å². The topological polar surface area (TPSA) is 95.6 Å². The second kappa shape index (κ2) is 9.38. The highest BCUT2D eigenvalue weighted by atomic mass is 32.2. The summed E-state index contributed by atoms with van der Waals surface area (Å²) in [5.41, 5.74) is 3.82. The second-order valence-electron chi connectivity index (χ2n) is 8.63. The van der Waals surface area contributed by atoms with Gasteiger partial charge in [-0.3, -0.25) is 14.3 Å². The Hall–Kier alpha value is -3.91. The van der Waals surface area contributed by atoms with Crippen molar-refractivity contribution in [3.05, 3.63) is 82.7 Å². The van der Waals surface area contributed by atoms with E-state index in [1.165, 1.54) is 0 Å². The second-order valence-corrected chi connectivity index (χ2v) is 10.5. The molecule has 1 heterocycles. The van der Waals surface area contributed by atoms with Gasteiger partial charge in [0, 0.05) is 36.0 Å². The number of aryl methyl sites for hydroxylation is 1. The van der Waals surface area contributed by atoms with Gasteiger partial charge in [-0.05, 0) is 53.6 Å². The predicted molar refractivity (Wildman–Crippen MR) is 138 cm³/mol. The molecule has 2 aliphatic rings. The lowest BCUT2D eigenvalue weighted by Gasteiger charge is -2.25. The minimum absolute atomic E-state index is 0.00677. The molecule has 0 aromatic heterocycles.